The van der Waals surface area contributed by atoms with E-state index in [4.69, 9.17) is 4.74 Å². The van der Waals surface area contributed by atoms with Gasteiger partial charge in [0.25, 0.3) is 0 Å². The Bertz CT molecular complexity index is 1010. The van der Waals surface area contributed by atoms with Crippen LogP contribution in [0.2, 0.25) is 0 Å². The van der Waals surface area contributed by atoms with Crippen molar-refractivity contribution in [1.29, 1.82) is 0 Å². The first-order valence-electron chi connectivity index (χ1n) is 9.54. The minimum atomic E-state index is -0.220. The van der Waals surface area contributed by atoms with E-state index in [2.05, 4.69) is 85.2 Å². The second-order valence-corrected chi connectivity index (χ2v) is 8.92. The molecule has 3 aromatic rings. The number of benzene rings is 3. The highest BCUT2D eigenvalue weighted by atomic mass is 79.9. The Labute approximate surface area is 185 Å². The second-order valence-electron chi connectivity index (χ2n) is 7.14. The standard InChI is InChI=1S/C25H25BrO2S/c1-16-10-12-20(13-11-16)23-18(3)24(26)25(17(2)21(23)14-22(27)28-4)29-15-19-8-6-5-7-9-19/h5-13H,14-15H2,1-4H3. The van der Waals surface area contributed by atoms with Crippen LogP contribution in [0.15, 0.2) is 64.0 Å². The van der Waals surface area contributed by atoms with Crippen LogP contribution in [0.5, 0.6) is 0 Å². The lowest BCUT2D eigenvalue weighted by molar-refractivity contribution is -0.139. The minimum Gasteiger partial charge on any atom is -0.469 e. The average Bonchev–Trinajstić information content (AvgIpc) is 2.73. The van der Waals surface area contributed by atoms with Crippen LogP contribution in [-0.2, 0) is 21.7 Å². The molecule has 150 valence electrons. The molecule has 0 saturated heterocycles. The molecular weight excluding hydrogens is 444 g/mol. The van der Waals surface area contributed by atoms with Gasteiger partial charge in [-0.1, -0.05) is 60.2 Å². The van der Waals surface area contributed by atoms with E-state index in [0.29, 0.717) is 0 Å². The van der Waals surface area contributed by atoms with Crippen LogP contribution < -0.4 is 0 Å². The van der Waals surface area contributed by atoms with Gasteiger partial charge < -0.3 is 4.74 Å². The maximum absolute atomic E-state index is 12.2. The van der Waals surface area contributed by atoms with Gasteiger partial charge >= 0.3 is 5.97 Å². The fourth-order valence-corrected chi connectivity index (χ4v) is 5.41. The van der Waals surface area contributed by atoms with Gasteiger partial charge in [-0.3, -0.25) is 4.79 Å². The quantitative estimate of drug-likeness (QED) is 0.286. The molecule has 0 aliphatic rings. The zero-order valence-corrected chi connectivity index (χ0v) is 19.6. The lowest BCUT2D eigenvalue weighted by atomic mass is 9.89. The van der Waals surface area contributed by atoms with Crippen molar-refractivity contribution in [1.82, 2.24) is 0 Å². The number of ether oxygens (including phenoxy) is 1. The number of thioether (sulfide) groups is 1. The molecular formula is C25H25BrO2S. The van der Waals surface area contributed by atoms with Crippen LogP contribution in [0.25, 0.3) is 11.1 Å². The fraction of sp³-hybridized carbons (Fsp3) is 0.240. The van der Waals surface area contributed by atoms with E-state index in [9.17, 15) is 4.79 Å². The number of halogens is 1. The molecule has 0 radical (unpaired) electrons. The van der Waals surface area contributed by atoms with Crippen LogP contribution in [0.1, 0.15) is 27.8 Å². The van der Waals surface area contributed by atoms with Crippen LogP contribution in [0, 0.1) is 20.8 Å². The van der Waals surface area contributed by atoms with Crippen LogP contribution >= 0.6 is 27.7 Å². The highest BCUT2D eigenvalue weighted by Crippen LogP contribution is 2.43. The van der Waals surface area contributed by atoms with E-state index in [1.807, 2.05) is 6.07 Å². The summed E-state index contributed by atoms with van der Waals surface area (Å²) >= 11 is 5.64. The summed E-state index contributed by atoms with van der Waals surface area (Å²) in [6, 6.07) is 18.9. The van der Waals surface area contributed by atoms with Gasteiger partial charge in [-0.15, -0.1) is 11.8 Å². The number of aryl methyl sites for hydroxylation is 1. The van der Waals surface area contributed by atoms with Crippen LogP contribution in [0.3, 0.4) is 0 Å². The average molecular weight is 469 g/mol. The first kappa shape index (κ1) is 21.7. The lowest BCUT2D eigenvalue weighted by Gasteiger charge is -2.21. The number of rotatable bonds is 6. The number of esters is 1. The first-order chi connectivity index (χ1) is 13.9. The Hall–Kier alpha value is -2.04. The maximum Gasteiger partial charge on any atom is 0.310 e. The van der Waals surface area contributed by atoms with Gasteiger partial charge in [0.2, 0.25) is 0 Å². The van der Waals surface area contributed by atoms with Gasteiger partial charge in [0.05, 0.1) is 13.5 Å². The molecule has 0 saturated carbocycles. The monoisotopic (exact) mass is 468 g/mol. The van der Waals surface area contributed by atoms with Gasteiger partial charge in [0, 0.05) is 15.1 Å². The highest BCUT2D eigenvalue weighted by Gasteiger charge is 2.21. The minimum absolute atomic E-state index is 0.220. The van der Waals surface area contributed by atoms with Gasteiger partial charge in [-0.2, -0.15) is 0 Å². The molecule has 0 N–H and O–H groups in total. The van der Waals surface area contributed by atoms with Crippen molar-refractivity contribution in [2.24, 2.45) is 0 Å². The number of hydrogen-bond acceptors (Lipinski definition) is 3. The van der Waals surface area contributed by atoms with Crippen molar-refractivity contribution < 1.29 is 9.53 Å². The van der Waals surface area contributed by atoms with Crippen LogP contribution in [-0.4, -0.2) is 13.1 Å². The smallest absolute Gasteiger partial charge is 0.310 e. The Kier molecular flexibility index (Phi) is 7.20. The SMILES string of the molecule is COC(=O)Cc1c(C)c(SCc2ccccc2)c(Br)c(C)c1-c1ccc(C)cc1. The van der Waals surface area contributed by atoms with Crippen molar-refractivity contribution in [3.8, 4) is 11.1 Å². The predicted molar refractivity (Wildman–Crippen MR) is 126 cm³/mol. The molecule has 0 aliphatic carbocycles. The summed E-state index contributed by atoms with van der Waals surface area (Å²) in [5.41, 5.74) is 8.04. The molecule has 0 amide bonds. The lowest BCUT2D eigenvalue weighted by Crippen LogP contribution is -2.09. The van der Waals surface area contributed by atoms with Gasteiger partial charge in [0.1, 0.15) is 0 Å². The number of methoxy groups -OCH3 is 1. The zero-order chi connectivity index (χ0) is 21.0. The molecule has 0 bridgehead atoms. The predicted octanol–water partition coefficient (Wildman–Crippen LogP) is 7.05. The molecule has 2 nitrogen and oxygen atoms in total. The number of carbonyl (C=O) groups excluding carboxylic acids is 1. The molecule has 0 unspecified atom stereocenters. The molecule has 3 rings (SSSR count). The van der Waals surface area contributed by atoms with Gasteiger partial charge in [-0.25, -0.2) is 0 Å². The third kappa shape index (κ3) is 4.93. The number of carbonyl (C=O) groups is 1. The summed E-state index contributed by atoms with van der Waals surface area (Å²) in [7, 11) is 1.44. The normalized spacial score (nSPS) is 10.8. The van der Waals surface area contributed by atoms with E-state index < -0.39 is 0 Å². The van der Waals surface area contributed by atoms with Gasteiger partial charge in [0.15, 0.2) is 0 Å². The Morgan fingerprint density at radius 3 is 2.24 bits per heavy atom. The van der Waals surface area contributed by atoms with E-state index in [1.54, 1.807) is 11.8 Å². The maximum atomic E-state index is 12.2. The fourth-order valence-electron chi connectivity index (χ4n) is 3.45. The molecule has 4 heteroatoms. The Morgan fingerprint density at radius 1 is 0.966 bits per heavy atom. The summed E-state index contributed by atoms with van der Waals surface area (Å²) in [4.78, 5) is 13.4. The van der Waals surface area contributed by atoms with E-state index >= 15 is 0 Å². The molecule has 29 heavy (non-hydrogen) atoms. The van der Waals surface area contributed by atoms with Crippen molar-refractivity contribution >= 4 is 33.7 Å². The number of hydrogen-bond donors (Lipinski definition) is 0. The summed E-state index contributed by atoms with van der Waals surface area (Å²) in [5, 5.41) is 0. The van der Waals surface area contributed by atoms with Gasteiger partial charge in [-0.05, 0) is 70.1 Å². The summed E-state index contributed by atoms with van der Waals surface area (Å²) in [6.45, 7) is 6.30. The topological polar surface area (TPSA) is 26.3 Å². The van der Waals surface area contributed by atoms with Crippen molar-refractivity contribution in [2.75, 3.05) is 7.11 Å². The first-order valence-corrected chi connectivity index (χ1v) is 11.3. The molecule has 0 aromatic heterocycles. The summed E-state index contributed by atoms with van der Waals surface area (Å²) in [5.74, 6) is 0.656. The third-order valence-electron chi connectivity index (χ3n) is 5.11. The van der Waals surface area contributed by atoms with Crippen molar-refractivity contribution in [3.05, 3.63) is 86.9 Å². The molecule has 0 aliphatic heterocycles. The Balaban J connectivity index is 2.11. The molecule has 0 spiro atoms. The third-order valence-corrected chi connectivity index (χ3v) is 7.64. The highest BCUT2D eigenvalue weighted by molar-refractivity contribution is 9.10. The zero-order valence-electron chi connectivity index (χ0n) is 17.2. The molecule has 0 fully saturated rings. The Morgan fingerprint density at radius 2 is 1.62 bits per heavy atom. The second kappa shape index (κ2) is 9.64. The largest absolute Gasteiger partial charge is 0.469 e. The molecule has 0 heterocycles. The molecule has 0 atom stereocenters. The van der Waals surface area contributed by atoms with Crippen LogP contribution in [0.4, 0.5) is 0 Å². The van der Waals surface area contributed by atoms with E-state index in [0.717, 1.165) is 38.0 Å². The molecule has 3 aromatic carbocycles. The summed E-state index contributed by atoms with van der Waals surface area (Å²) < 4.78 is 6.10. The van der Waals surface area contributed by atoms with E-state index in [-0.39, 0.29) is 12.4 Å². The summed E-state index contributed by atoms with van der Waals surface area (Å²) in [6.07, 6.45) is 0.262. The van der Waals surface area contributed by atoms with Crippen molar-refractivity contribution in [2.45, 2.75) is 37.8 Å². The van der Waals surface area contributed by atoms with Crippen molar-refractivity contribution in [3.63, 3.8) is 0 Å². The van der Waals surface area contributed by atoms with E-state index in [1.165, 1.54) is 23.1 Å².